The van der Waals surface area contributed by atoms with Crippen molar-refractivity contribution in [3.63, 3.8) is 0 Å². The van der Waals surface area contributed by atoms with Crippen LogP contribution in [-0.2, 0) is 82.0 Å². The van der Waals surface area contributed by atoms with Crippen molar-refractivity contribution < 1.29 is 76.9 Å². The summed E-state index contributed by atoms with van der Waals surface area (Å²) < 4.78 is 10.4. The number of amides is 12. The van der Waals surface area contributed by atoms with E-state index in [0.29, 0.717) is 16.7 Å². The third-order valence-electron chi connectivity index (χ3n) is 25.5. The monoisotopic (exact) mass is 2060 g/mol. The number of alkyl carbamates (subject to hydrolysis) is 1. The van der Waals surface area contributed by atoms with Crippen LogP contribution in [0.25, 0.3) is 11.1 Å². The zero-order valence-electron chi connectivity index (χ0n) is 85.1. The zero-order valence-corrected chi connectivity index (χ0v) is 87.6. The first-order valence-electron chi connectivity index (χ1n) is 49.6. The van der Waals surface area contributed by atoms with Crippen molar-refractivity contribution in [2.75, 3.05) is 36.3 Å². The lowest BCUT2D eigenvalue weighted by atomic mass is 9.77. The predicted molar refractivity (Wildman–Crippen MR) is 580 cm³/mol. The van der Waals surface area contributed by atoms with Crippen LogP contribution >= 0.6 is 35.3 Å². The van der Waals surface area contributed by atoms with E-state index in [-0.39, 0.29) is 48.0 Å². The molecule has 0 fully saturated rings. The third-order valence-corrected chi connectivity index (χ3v) is 29.7. The van der Waals surface area contributed by atoms with E-state index in [4.69, 9.17) is 9.47 Å². The second-order valence-electron chi connectivity index (χ2n) is 38.7. The fourth-order valence-corrected chi connectivity index (χ4v) is 22.3. The van der Waals surface area contributed by atoms with Gasteiger partial charge in [0, 0.05) is 30.1 Å². The molecule has 774 valence electrons. The highest BCUT2D eigenvalue weighted by Crippen LogP contribution is 2.51. The standard InChI is InChI=1S/C117H132N12O16S3/c1-74(2)66-95(112(141)142)123-106(135)97(71-147-116(83-50-28-16-29-51-83,84-52-30-17-31-53-84)85-54-32-18-33-55-85)121-100(132)68-118-109(138)103(78(8)145-114(10,11)12)128-107(136)96(70-146-73-119-79(9)130)124-104(133)77(7)120-110(139)101(75(3)4)126-105(134)94(67-99(131)129-115(80-44-22-13-23-45-80,81-46-24-14-25-47-81)82-48-26-15-27-49-82)122-111(140)102(76(5)6)127-108(137)98(125-113(143)144-69-93-91-64-42-40-62-89(91)90-63-41-43-65-92(90)93)72-148-117(86-56-34-19-35-57-86,87-58-36-20-37-59-87)88-60-38-21-39-61-88/h13-65,74-78,93-98,101-103H,66-73H2,1-12H3,(H,118,138)(H,119,130)(H,120,139)(H,121,132)(H,122,140)(H,123,135)(H,124,133)(H,125,143)(H,126,134)(H,127,137)(H,128,136)(H,129,131)(H,141,142)/t77-,78+,94-,95-,96-,97-,98-,101-,102-,103-/m0/s1. The maximum absolute atomic E-state index is 15.9. The fourth-order valence-electron chi connectivity index (χ4n) is 18.3. The summed E-state index contributed by atoms with van der Waals surface area (Å²) in [6.07, 6.45) is -2.85. The minimum Gasteiger partial charge on any atom is -0.480 e. The molecular weight excluding hydrogens is 1930 g/mol. The van der Waals surface area contributed by atoms with Crippen molar-refractivity contribution in [2.24, 2.45) is 17.8 Å². The molecule has 0 radical (unpaired) electrons. The van der Waals surface area contributed by atoms with Gasteiger partial charge in [-0.15, -0.1) is 35.3 Å². The number of rotatable bonds is 50. The summed E-state index contributed by atoms with van der Waals surface area (Å²) in [5.74, 6) is -13.5. The van der Waals surface area contributed by atoms with E-state index in [9.17, 15) is 38.7 Å². The number of carboxylic acid groups (broad SMARTS) is 1. The summed E-state index contributed by atoms with van der Waals surface area (Å²) in [5, 5.41) is 43.9. The molecule has 0 unspecified atom stereocenters. The normalized spacial score (nSPS) is 14.0. The van der Waals surface area contributed by atoms with Crippen LogP contribution in [0.1, 0.15) is 163 Å². The number of carboxylic acids is 1. The van der Waals surface area contributed by atoms with Crippen LogP contribution in [0.2, 0.25) is 0 Å². The minimum absolute atomic E-state index is 0.0578. The van der Waals surface area contributed by atoms with Crippen LogP contribution in [0.3, 0.4) is 0 Å². The van der Waals surface area contributed by atoms with E-state index in [1.807, 2.05) is 335 Å². The highest BCUT2D eigenvalue weighted by molar-refractivity contribution is 8.01. The van der Waals surface area contributed by atoms with E-state index in [1.54, 1.807) is 48.5 Å². The Morgan fingerprint density at radius 2 is 0.682 bits per heavy atom. The number of benzene rings is 11. The lowest BCUT2D eigenvalue weighted by Gasteiger charge is -2.37. The Morgan fingerprint density at radius 3 is 1.06 bits per heavy atom. The third kappa shape index (κ3) is 29.2. The van der Waals surface area contributed by atoms with E-state index < -0.39 is 183 Å². The smallest absolute Gasteiger partial charge is 0.407 e. The van der Waals surface area contributed by atoms with Gasteiger partial charge in [0.25, 0.3) is 0 Å². The molecule has 0 saturated heterocycles. The molecular formula is C117H132N12O16S3. The predicted octanol–water partition coefficient (Wildman–Crippen LogP) is 14.3. The molecule has 13 N–H and O–H groups in total. The summed E-state index contributed by atoms with van der Waals surface area (Å²) in [6.45, 7) is 18.5. The molecule has 0 heterocycles. The number of carbonyl (C=O) groups is 13. The number of hydrogen-bond donors (Lipinski definition) is 13. The first-order chi connectivity index (χ1) is 71.0. The lowest BCUT2D eigenvalue weighted by Crippen LogP contribution is -2.62. The number of fused-ring (bicyclic) bond motifs is 3. The van der Waals surface area contributed by atoms with Gasteiger partial charge in [-0.3, -0.25) is 52.7 Å². The van der Waals surface area contributed by atoms with Gasteiger partial charge >= 0.3 is 12.1 Å². The van der Waals surface area contributed by atoms with E-state index in [2.05, 4.69) is 63.8 Å². The van der Waals surface area contributed by atoms with Crippen LogP contribution in [-0.4, -0.2) is 185 Å². The molecule has 0 bridgehead atoms. The lowest BCUT2D eigenvalue weighted by molar-refractivity contribution is -0.142. The average molecular weight is 2060 g/mol. The molecule has 0 aliphatic heterocycles. The van der Waals surface area contributed by atoms with Crippen LogP contribution in [0.5, 0.6) is 0 Å². The van der Waals surface area contributed by atoms with Crippen molar-refractivity contribution in [2.45, 2.75) is 183 Å². The van der Waals surface area contributed by atoms with Gasteiger partial charge in [-0.25, -0.2) is 9.59 Å². The van der Waals surface area contributed by atoms with Crippen LogP contribution in [0.4, 0.5) is 4.79 Å². The minimum atomic E-state index is -1.87. The SMILES string of the molecule is CC(=O)NCSC[C@H](NC(=O)[C@H](C)NC(=O)[C@@H](NC(=O)[C@H](CC(=O)NC(c1ccccc1)(c1ccccc1)c1ccccc1)NC(=O)[C@@H](NC(=O)[C@H](CSC(c1ccccc1)(c1ccccc1)c1ccccc1)NC(=O)OCC1c2ccccc2-c2ccccc21)C(C)C)C(C)C)C(=O)N[C@H](C(=O)NCC(=O)N[C@@H](CSC(c1ccccc1)(c1ccccc1)c1ccccc1)C(=O)N[C@@H](CC(C)C)C(=O)O)[C@@H](C)OC(C)(C)C. The topological polar surface area (TPSA) is 405 Å². The Bertz CT molecular complexity index is 5990. The van der Waals surface area contributed by atoms with Gasteiger partial charge in [0.1, 0.15) is 66.5 Å². The molecule has 12 rings (SSSR count). The van der Waals surface area contributed by atoms with E-state index in [0.717, 1.165) is 67.4 Å². The molecule has 10 atom stereocenters. The highest BCUT2D eigenvalue weighted by atomic mass is 32.2. The van der Waals surface area contributed by atoms with Gasteiger partial charge in [0.05, 0.1) is 40.0 Å². The first kappa shape index (κ1) is 112. The van der Waals surface area contributed by atoms with Gasteiger partial charge in [0.2, 0.25) is 65.0 Å². The number of ether oxygens (including phenoxy) is 2. The van der Waals surface area contributed by atoms with Gasteiger partial charge in [-0.1, -0.05) is 363 Å². The Kier molecular flexibility index (Phi) is 40.2. The number of nitrogens with one attached hydrogen (secondary N) is 12. The van der Waals surface area contributed by atoms with E-state index in [1.165, 1.54) is 44.3 Å². The van der Waals surface area contributed by atoms with Crippen molar-refractivity contribution in [3.8, 4) is 11.1 Å². The molecule has 31 heteroatoms. The van der Waals surface area contributed by atoms with Crippen molar-refractivity contribution in [3.05, 3.63) is 383 Å². The molecule has 0 aromatic heterocycles. The van der Waals surface area contributed by atoms with E-state index >= 15 is 28.8 Å². The van der Waals surface area contributed by atoms with Crippen molar-refractivity contribution in [1.29, 1.82) is 0 Å². The molecule has 12 amide bonds. The van der Waals surface area contributed by atoms with Crippen LogP contribution in [0.15, 0.2) is 322 Å². The summed E-state index contributed by atoms with van der Waals surface area (Å²) in [6, 6.07) is 87.3. The zero-order chi connectivity index (χ0) is 106. The largest absolute Gasteiger partial charge is 0.480 e. The number of thioether (sulfide) groups is 3. The van der Waals surface area contributed by atoms with Gasteiger partial charge in [-0.2, -0.15) is 0 Å². The van der Waals surface area contributed by atoms with Crippen LogP contribution < -0.4 is 63.8 Å². The van der Waals surface area contributed by atoms with Gasteiger partial charge in [-0.05, 0) is 131 Å². The first-order valence-corrected chi connectivity index (χ1v) is 52.8. The van der Waals surface area contributed by atoms with Gasteiger partial charge < -0.3 is 78.4 Å². The number of aliphatic carboxylic acids is 1. The molecule has 1 aliphatic carbocycles. The maximum Gasteiger partial charge on any atom is 0.407 e. The Hall–Kier alpha value is -14.7. The molecule has 1 aliphatic rings. The van der Waals surface area contributed by atoms with Crippen molar-refractivity contribution >= 4 is 112 Å². The fraction of sp³-hybridized carbons (Fsp3) is 0.325. The van der Waals surface area contributed by atoms with Gasteiger partial charge in [0.15, 0.2) is 0 Å². The number of carbonyl (C=O) groups excluding carboxylic acids is 12. The Morgan fingerprint density at radius 1 is 0.345 bits per heavy atom. The second-order valence-corrected chi connectivity index (χ2v) is 42.2. The maximum atomic E-state index is 15.9. The van der Waals surface area contributed by atoms with Crippen LogP contribution in [0, 0.1) is 17.8 Å². The summed E-state index contributed by atoms with van der Waals surface area (Å²) in [5.41, 5.74) is 8.39. The summed E-state index contributed by atoms with van der Waals surface area (Å²) in [4.78, 5) is 193. The number of hydrogen-bond acceptors (Lipinski definition) is 18. The average Bonchev–Trinajstić information content (AvgIpc) is 1.76. The molecule has 28 nitrogen and oxygen atoms in total. The Labute approximate surface area is 878 Å². The molecule has 148 heavy (non-hydrogen) atoms. The summed E-state index contributed by atoms with van der Waals surface area (Å²) >= 11 is 3.72. The molecule has 11 aromatic rings. The summed E-state index contributed by atoms with van der Waals surface area (Å²) in [7, 11) is 0. The Balaban J connectivity index is 0.806. The second kappa shape index (κ2) is 53.1. The molecule has 0 spiro atoms. The van der Waals surface area contributed by atoms with Crippen molar-refractivity contribution in [1.82, 2.24) is 63.8 Å². The molecule has 0 saturated carbocycles. The quantitative estimate of drug-likeness (QED) is 0.00956. The molecule has 11 aromatic carbocycles. The highest BCUT2D eigenvalue weighted by Gasteiger charge is 2.46.